The summed E-state index contributed by atoms with van der Waals surface area (Å²) < 4.78 is 0.288. The molecular formula is C15H28N4S. The van der Waals surface area contributed by atoms with E-state index in [1.54, 1.807) is 0 Å². The predicted molar refractivity (Wildman–Crippen MR) is 90.9 cm³/mol. The summed E-state index contributed by atoms with van der Waals surface area (Å²) in [6.07, 6.45) is 5.57. The van der Waals surface area contributed by atoms with Crippen LogP contribution >= 0.6 is 11.8 Å². The minimum atomic E-state index is 0.288. The molecule has 0 aliphatic heterocycles. The molecule has 1 rings (SSSR count). The Bertz CT molecular complexity index is 397. The predicted octanol–water partition coefficient (Wildman–Crippen LogP) is 3.94. The molecule has 5 heteroatoms. The van der Waals surface area contributed by atoms with Gasteiger partial charge in [-0.1, -0.05) is 20.8 Å². The summed E-state index contributed by atoms with van der Waals surface area (Å²) in [5, 5.41) is 6.73. The lowest BCUT2D eigenvalue weighted by Gasteiger charge is -2.30. The molecule has 0 spiro atoms. The lowest BCUT2D eigenvalue weighted by molar-refractivity contribution is 0.574. The van der Waals surface area contributed by atoms with E-state index in [0.717, 1.165) is 49.8 Å². The maximum Gasteiger partial charge on any atom is 0.224 e. The normalized spacial score (nSPS) is 11.4. The molecule has 1 aromatic rings. The Hall–Kier alpha value is -0.970. The highest BCUT2D eigenvalue weighted by atomic mass is 32.2. The van der Waals surface area contributed by atoms with Crippen LogP contribution < -0.4 is 10.6 Å². The van der Waals surface area contributed by atoms with Crippen molar-refractivity contribution < 1.29 is 0 Å². The number of anilines is 2. The molecular weight excluding hydrogens is 268 g/mol. The largest absolute Gasteiger partial charge is 0.369 e. The van der Waals surface area contributed by atoms with Gasteiger partial charge < -0.3 is 10.6 Å². The van der Waals surface area contributed by atoms with Crippen LogP contribution in [0.5, 0.6) is 0 Å². The molecule has 114 valence electrons. The molecule has 0 unspecified atom stereocenters. The van der Waals surface area contributed by atoms with Crippen LogP contribution in [0.3, 0.4) is 0 Å². The van der Waals surface area contributed by atoms with E-state index in [2.05, 4.69) is 47.6 Å². The van der Waals surface area contributed by atoms with Crippen LogP contribution in [-0.2, 0) is 0 Å². The van der Waals surface area contributed by atoms with Crippen LogP contribution in [0.4, 0.5) is 11.8 Å². The highest BCUT2D eigenvalue weighted by molar-refractivity contribution is 8.00. The SMILES string of the molecule is CCCNc1nc(C)cc(NCC(CC)(CC)SC)n1. The number of hydrogen-bond donors (Lipinski definition) is 2. The fourth-order valence-electron chi connectivity index (χ4n) is 2.09. The molecule has 4 nitrogen and oxygen atoms in total. The van der Waals surface area contributed by atoms with Crippen molar-refractivity contribution in [2.24, 2.45) is 0 Å². The van der Waals surface area contributed by atoms with Gasteiger partial charge >= 0.3 is 0 Å². The van der Waals surface area contributed by atoms with E-state index < -0.39 is 0 Å². The van der Waals surface area contributed by atoms with Crippen molar-refractivity contribution in [2.45, 2.75) is 51.7 Å². The lowest BCUT2D eigenvalue weighted by atomic mass is 10.0. The highest BCUT2D eigenvalue weighted by Gasteiger charge is 2.24. The van der Waals surface area contributed by atoms with Crippen molar-refractivity contribution in [3.8, 4) is 0 Å². The first kappa shape index (κ1) is 17.1. The number of aromatic nitrogens is 2. The van der Waals surface area contributed by atoms with E-state index in [1.165, 1.54) is 0 Å². The van der Waals surface area contributed by atoms with Crippen molar-refractivity contribution in [1.29, 1.82) is 0 Å². The summed E-state index contributed by atoms with van der Waals surface area (Å²) in [6, 6.07) is 2.01. The standard InChI is InChI=1S/C15H28N4S/c1-6-9-16-14-18-12(4)10-13(19-14)17-11-15(7-2,8-3)20-5/h10H,6-9,11H2,1-5H3,(H2,16,17,18,19). The molecule has 20 heavy (non-hydrogen) atoms. The fraction of sp³-hybridized carbons (Fsp3) is 0.733. The monoisotopic (exact) mass is 296 g/mol. The molecule has 0 saturated carbocycles. The number of aryl methyl sites for hydroxylation is 1. The highest BCUT2D eigenvalue weighted by Crippen LogP contribution is 2.30. The number of rotatable bonds is 9. The Labute approximate surface area is 127 Å². The second kappa shape index (κ2) is 8.35. The molecule has 0 aliphatic carbocycles. The molecule has 0 amide bonds. The third kappa shape index (κ3) is 4.85. The number of nitrogens with one attached hydrogen (secondary N) is 2. The maximum atomic E-state index is 4.53. The van der Waals surface area contributed by atoms with Crippen LogP contribution in [0, 0.1) is 6.92 Å². The second-order valence-corrected chi connectivity index (χ2v) is 6.37. The van der Waals surface area contributed by atoms with Gasteiger partial charge in [0.15, 0.2) is 0 Å². The summed E-state index contributed by atoms with van der Waals surface area (Å²) >= 11 is 1.94. The van der Waals surface area contributed by atoms with Gasteiger partial charge in [-0.05, 0) is 32.4 Å². The first-order valence-electron chi connectivity index (χ1n) is 7.47. The molecule has 0 aliphatic rings. The Morgan fingerprint density at radius 3 is 2.40 bits per heavy atom. The zero-order valence-corrected chi connectivity index (χ0v) is 14.2. The van der Waals surface area contributed by atoms with Crippen molar-refractivity contribution >= 4 is 23.5 Å². The Morgan fingerprint density at radius 1 is 1.15 bits per heavy atom. The van der Waals surface area contributed by atoms with E-state index >= 15 is 0 Å². The van der Waals surface area contributed by atoms with Crippen LogP contribution in [0.15, 0.2) is 6.07 Å². The lowest BCUT2D eigenvalue weighted by Crippen LogP contribution is -2.32. The second-order valence-electron chi connectivity index (χ2n) is 5.09. The third-order valence-corrected chi connectivity index (χ3v) is 5.29. The van der Waals surface area contributed by atoms with Gasteiger partial charge in [0.1, 0.15) is 5.82 Å². The van der Waals surface area contributed by atoms with Gasteiger partial charge in [0.25, 0.3) is 0 Å². The van der Waals surface area contributed by atoms with E-state index in [-0.39, 0.29) is 4.75 Å². The molecule has 2 N–H and O–H groups in total. The van der Waals surface area contributed by atoms with E-state index in [9.17, 15) is 0 Å². The number of thioether (sulfide) groups is 1. The Kier molecular flexibility index (Phi) is 7.13. The molecule has 1 aromatic heterocycles. The summed E-state index contributed by atoms with van der Waals surface area (Å²) in [5.41, 5.74) is 0.990. The minimum Gasteiger partial charge on any atom is -0.369 e. The molecule has 0 radical (unpaired) electrons. The molecule has 0 bridgehead atoms. The molecule has 0 atom stereocenters. The minimum absolute atomic E-state index is 0.288. The fourth-order valence-corrected chi connectivity index (χ4v) is 2.88. The van der Waals surface area contributed by atoms with Crippen molar-refractivity contribution in [2.75, 3.05) is 30.0 Å². The van der Waals surface area contributed by atoms with E-state index in [0.29, 0.717) is 0 Å². The third-order valence-electron chi connectivity index (χ3n) is 3.70. The average Bonchev–Trinajstić information content (AvgIpc) is 2.47. The van der Waals surface area contributed by atoms with Crippen molar-refractivity contribution in [1.82, 2.24) is 9.97 Å². The molecule has 1 heterocycles. The topological polar surface area (TPSA) is 49.8 Å². The van der Waals surface area contributed by atoms with Crippen molar-refractivity contribution in [3.63, 3.8) is 0 Å². The average molecular weight is 296 g/mol. The zero-order valence-electron chi connectivity index (χ0n) is 13.4. The van der Waals surface area contributed by atoms with Gasteiger partial charge in [-0.3, -0.25) is 0 Å². The summed E-state index contributed by atoms with van der Waals surface area (Å²) in [4.78, 5) is 8.94. The Balaban J connectivity index is 2.74. The first-order chi connectivity index (χ1) is 9.59. The summed E-state index contributed by atoms with van der Waals surface area (Å²) in [6.45, 7) is 10.5. The van der Waals surface area contributed by atoms with Crippen molar-refractivity contribution in [3.05, 3.63) is 11.8 Å². The van der Waals surface area contributed by atoms with E-state index in [1.807, 2.05) is 24.8 Å². The number of nitrogens with zero attached hydrogens (tertiary/aromatic N) is 2. The first-order valence-corrected chi connectivity index (χ1v) is 8.70. The van der Waals surface area contributed by atoms with Crippen LogP contribution in [0.2, 0.25) is 0 Å². The molecule has 0 saturated heterocycles. The van der Waals surface area contributed by atoms with Gasteiger partial charge in [0, 0.05) is 29.6 Å². The quantitative estimate of drug-likeness (QED) is 0.723. The maximum absolute atomic E-state index is 4.53. The van der Waals surface area contributed by atoms with Crippen LogP contribution in [-0.4, -0.2) is 34.1 Å². The van der Waals surface area contributed by atoms with Crippen LogP contribution in [0.25, 0.3) is 0 Å². The van der Waals surface area contributed by atoms with Gasteiger partial charge in [-0.25, -0.2) is 4.98 Å². The van der Waals surface area contributed by atoms with E-state index in [4.69, 9.17) is 0 Å². The zero-order chi connectivity index (χ0) is 15.0. The van der Waals surface area contributed by atoms with Gasteiger partial charge in [-0.15, -0.1) is 0 Å². The van der Waals surface area contributed by atoms with Gasteiger partial charge in [0.05, 0.1) is 0 Å². The van der Waals surface area contributed by atoms with Gasteiger partial charge in [-0.2, -0.15) is 16.7 Å². The number of hydrogen-bond acceptors (Lipinski definition) is 5. The Morgan fingerprint density at radius 2 is 1.85 bits per heavy atom. The summed E-state index contributed by atoms with van der Waals surface area (Å²) in [5.74, 6) is 1.63. The molecule has 0 fully saturated rings. The van der Waals surface area contributed by atoms with Crippen LogP contribution in [0.1, 0.15) is 45.7 Å². The van der Waals surface area contributed by atoms with Gasteiger partial charge in [0.2, 0.25) is 5.95 Å². The summed E-state index contributed by atoms with van der Waals surface area (Å²) in [7, 11) is 0. The molecule has 0 aromatic carbocycles. The smallest absolute Gasteiger partial charge is 0.224 e.